The Bertz CT molecular complexity index is 1150. The zero-order valence-corrected chi connectivity index (χ0v) is 16.5. The van der Waals surface area contributed by atoms with Crippen LogP contribution in [0, 0.1) is 20.8 Å². The lowest BCUT2D eigenvalue weighted by Gasteiger charge is -2.11. The highest BCUT2D eigenvalue weighted by Gasteiger charge is 2.36. The fourth-order valence-corrected chi connectivity index (χ4v) is 3.17. The molecule has 8 nitrogen and oxygen atoms in total. The fourth-order valence-electron chi connectivity index (χ4n) is 3.17. The molecule has 30 heavy (non-hydrogen) atoms. The largest absolute Gasteiger partial charge is 0.453 e. The molecule has 3 N–H and O–H groups in total. The molecule has 0 aliphatic rings. The van der Waals surface area contributed by atoms with Crippen molar-refractivity contribution in [2.24, 2.45) is 5.73 Å². The predicted molar refractivity (Wildman–Crippen MR) is 102 cm³/mol. The number of primary amides is 1. The quantitative estimate of drug-likeness (QED) is 0.659. The molecular formula is C19H19F3N6O2. The van der Waals surface area contributed by atoms with Crippen LogP contribution < -0.4 is 11.1 Å². The normalized spacial score (nSPS) is 11.7. The summed E-state index contributed by atoms with van der Waals surface area (Å²) in [7, 11) is 0. The van der Waals surface area contributed by atoms with E-state index in [9.17, 15) is 22.8 Å². The van der Waals surface area contributed by atoms with E-state index in [1.807, 2.05) is 0 Å². The van der Waals surface area contributed by atoms with Gasteiger partial charge in [-0.25, -0.2) is 9.50 Å². The first-order valence-corrected chi connectivity index (χ1v) is 8.97. The van der Waals surface area contributed by atoms with Crippen molar-refractivity contribution in [2.75, 3.05) is 5.32 Å². The number of hydrogen-bond donors (Lipinski definition) is 2. The van der Waals surface area contributed by atoms with Crippen LogP contribution in [0.1, 0.15) is 45.1 Å². The first-order valence-electron chi connectivity index (χ1n) is 8.97. The molecule has 2 aromatic heterocycles. The minimum Gasteiger partial charge on any atom is -0.366 e. The van der Waals surface area contributed by atoms with Crippen molar-refractivity contribution in [3.05, 3.63) is 52.1 Å². The summed E-state index contributed by atoms with van der Waals surface area (Å²) < 4.78 is 39.7. The molecule has 0 bridgehead atoms. The standard InChI is InChI=1S/C19H19F3N6O2/c1-9-8-12(4-5-13(9)16(23)30)25-15(29)7-6-14-10(2)24-18-26-17(19(20,21)22)27-28(18)11(14)3/h4-5,8H,6-7H2,1-3H3,(H2,23,30)(H,25,29). The predicted octanol–water partition coefficient (Wildman–Crippen LogP) is 2.74. The van der Waals surface area contributed by atoms with Gasteiger partial charge in [-0.05, 0) is 56.5 Å². The number of carbonyl (C=O) groups excluding carboxylic acids is 2. The molecule has 0 fully saturated rings. The molecule has 2 amide bonds. The van der Waals surface area contributed by atoms with E-state index in [-0.39, 0.29) is 24.5 Å². The number of anilines is 1. The van der Waals surface area contributed by atoms with Gasteiger partial charge in [0.05, 0.1) is 0 Å². The summed E-state index contributed by atoms with van der Waals surface area (Å²) in [5.74, 6) is -2.26. The number of aryl methyl sites for hydroxylation is 3. The highest BCUT2D eigenvalue weighted by molar-refractivity contribution is 5.96. The van der Waals surface area contributed by atoms with Crippen molar-refractivity contribution < 1.29 is 22.8 Å². The monoisotopic (exact) mass is 420 g/mol. The highest BCUT2D eigenvalue weighted by Crippen LogP contribution is 2.27. The number of fused-ring (bicyclic) bond motifs is 1. The van der Waals surface area contributed by atoms with Crippen LogP contribution in [0.4, 0.5) is 18.9 Å². The number of benzene rings is 1. The van der Waals surface area contributed by atoms with Gasteiger partial charge in [-0.15, -0.1) is 5.10 Å². The van der Waals surface area contributed by atoms with E-state index in [1.165, 1.54) is 6.07 Å². The molecule has 0 aliphatic heterocycles. The van der Waals surface area contributed by atoms with Gasteiger partial charge >= 0.3 is 6.18 Å². The number of alkyl halides is 3. The minimum absolute atomic E-state index is 0.0757. The lowest BCUT2D eigenvalue weighted by molar-refractivity contribution is -0.144. The van der Waals surface area contributed by atoms with Crippen LogP contribution in [0.15, 0.2) is 18.2 Å². The van der Waals surface area contributed by atoms with Gasteiger partial charge in [-0.1, -0.05) is 0 Å². The van der Waals surface area contributed by atoms with Crippen molar-refractivity contribution >= 4 is 23.3 Å². The van der Waals surface area contributed by atoms with Crippen molar-refractivity contribution in [1.82, 2.24) is 19.6 Å². The van der Waals surface area contributed by atoms with Crippen LogP contribution in [0.2, 0.25) is 0 Å². The smallest absolute Gasteiger partial charge is 0.366 e. The Morgan fingerprint density at radius 3 is 2.47 bits per heavy atom. The van der Waals surface area contributed by atoms with Gasteiger partial charge in [0.1, 0.15) is 0 Å². The van der Waals surface area contributed by atoms with E-state index in [0.717, 1.165) is 4.52 Å². The van der Waals surface area contributed by atoms with Crippen LogP contribution in [0.3, 0.4) is 0 Å². The molecule has 3 aromatic rings. The Kier molecular flexibility index (Phi) is 5.47. The van der Waals surface area contributed by atoms with Crippen LogP contribution in [-0.4, -0.2) is 31.4 Å². The summed E-state index contributed by atoms with van der Waals surface area (Å²) in [5.41, 5.74) is 8.32. The van der Waals surface area contributed by atoms with E-state index in [1.54, 1.807) is 32.9 Å². The molecule has 11 heteroatoms. The summed E-state index contributed by atoms with van der Waals surface area (Å²) in [6.45, 7) is 4.96. The summed E-state index contributed by atoms with van der Waals surface area (Å²) in [4.78, 5) is 31.1. The van der Waals surface area contributed by atoms with Crippen LogP contribution in [0.5, 0.6) is 0 Å². The summed E-state index contributed by atoms with van der Waals surface area (Å²) in [6, 6.07) is 4.74. The molecule has 1 aromatic carbocycles. The van der Waals surface area contributed by atoms with Gasteiger partial charge in [-0.3, -0.25) is 9.59 Å². The molecule has 2 heterocycles. The van der Waals surface area contributed by atoms with E-state index < -0.39 is 17.9 Å². The molecule has 0 aliphatic carbocycles. The van der Waals surface area contributed by atoms with Gasteiger partial charge in [-0.2, -0.15) is 18.2 Å². The highest BCUT2D eigenvalue weighted by atomic mass is 19.4. The molecule has 0 saturated heterocycles. The fraction of sp³-hybridized carbons (Fsp3) is 0.316. The third-order valence-corrected chi connectivity index (χ3v) is 4.68. The average Bonchev–Trinajstić information content (AvgIpc) is 3.05. The number of nitrogens with zero attached hydrogens (tertiary/aromatic N) is 4. The molecule has 0 atom stereocenters. The summed E-state index contributed by atoms with van der Waals surface area (Å²) in [6.07, 6.45) is -4.34. The lowest BCUT2D eigenvalue weighted by atomic mass is 10.1. The molecule has 158 valence electrons. The minimum atomic E-state index is -4.67. The van der Waals surface area contributed by atoms with Gasteiger partial charge in [0.2, 0.25) is 11.8 Å². The molecule has 0 spiro atoms. The SMILES string of the molecule is Cc1cc(NC(=O)CCc2c(C)nc3nc(C(F)(F)F)nn3c2C)ccc1C(N)=O. The first-order chi connectivity index (χ1) is 14.0. The zero-order valence-electron chi connectivity index (χ0n) is 16.5. The van der Waals surface area contributed by atoms with E-state index >= 15 is 0 Å². The summed E-state index contributed by atoms with van der Waals surface area (Å²) >= 11 is 0. The van der Waals surface area contributed by atoms with Gasteiger partial charge in [0.25, 0.3) is 11.6 Å². The van der Waals surface area contributed by atoms with E-state index in [4.69, 9.17) is 5.73 Å². The molecular weight excluding hydrogens is 401 g/mol. The number of hydrogen-bond acceptors (Lipinski definition) is 5. The third kappa shape index (κ3) is 4.24. The second-order valence-electron chi connectivity index (χ2n) is 6.85. The average molecular weight is 420 g/mol. The van der Waals surface area contributed by atoms with Crippen molar-refractivity contribution in [2.45, 2.75) is 39.8 Å². The maximum absolute atomic E-state index is 12.9. The van der Waals surface area contributed by atoms with Crippen molar-refractivity contribution in [3.63, 3.8) is 0 Å². The molecule has 0 radical (unpaired) electrons. The number of rotatable bonds is 5. The van der Waals surface area contributed by atoms with Crippen LogP contribution in [-0.2, 0) is 17.4 Å². The maximum atomic E-state index is 12.9. The third-order valence-electron chi connectivity index (χ3n) is 4.68. The summed E-state index contributed by atoms with van der Waals surface area (Å²) in [5, 5.41) is 6.22. The molecule has 3 rings (SSSR count). The van der Waals surface area contributed by atoms with Gasteiger partial charge < -0.3 is 11.1 Å². The molecule has 0 saturated carbocycles. The second-order valence-corrected chi connectivity index (χ2v) is 6.85. The van der Waals surface area contributed by atoms with Crippen molar-refractivity contribution in [3.8, 4) is 0 Å². The van der Waals surface area contributed by atoms with Gasteiger partial charge in [0.15, 0.2) is 0 Å². The zero-order chi connectivity index (χ0) is 22.2. The molecule has 0 unspecified atom stereocenters. The van der Waals surface area contributed by atoms with Crippen LogP contribution in [0.25, 0.3) is 5.78 Å². The number of carbonyl (C=O) groups is 2. The Balaban J connectivity index is 1.76. The Morgan fingerprint density at radius 1 is 1.17 bits per heavy atom. The number of nitrogens with two attached hydrogens (primary N) is 1. The second kappa shape index (κ2) is 7.73. The Hall–Kier alpha value is -3.50. The topological polar surface area (TPSA) is 115 Å². The van der Waals surface area contributed by atoms with E-state index in [0.29, 0.717) is 33.8 Å². The number of halogens is 3. The van der Waals surface area contributed by atoms with Crippen molar-refractivity contribution in [1.29, 1.82) is 0 Å². The Labute approximate surface area is 169 Å². The first kappa shape index (κ1) is 21.2. The van der Waals surface area contributed by atoms with Crippen LogP contribution >= 0.6 is 0 Å². The lowest BCUT2D eigenvalue weighted by Crippen LogP contribution is -2.16. The van der Waals surface area contributed by atoms with Gasteiger partial charge in [0, 0.05) is 29.1 Å². The number of nitrogens with one attached hydrogen (secondary N) is 1. The van der Waals surface area contributed by atoms with E-state index in [2.05, 4.69) is 20.4 Å². The number of aromatic nitrogens is 4. The maximum Gasteiger partial charge on any atom is 0.453 e. The number of amides is 2. The Morgan fingerprint density at radius 2 is 1.87 bits per heavy atom.